The van der Waals surface area contributed by atoms with E-state index in [-0.39, 0.29) is 0 Å². The summed E-state index contributed by atoms with van der Waals surface area (Å²) >= 11 is 3.80. The lowest BCUT2D eigenvalue weighted by Gasteiger charge is -2.15. The van der Waals surface area contributed by atoms with Gasteiger partial charge in [0.25, 0.3) is 0 Å². The van der Waals surface area contributed by atoms with E-state index >= 15 is 0 Å². The Morgan fingerprint density at radius 2 is 2.24 bits per heavy atom. The summed E-state index contributed by atoms with van der Waals surface area (Å²) in [6.45, 7) is 6.44. The van der Waals surface area contributed by atoms with Crippen LogP contribution in [0.15, 0.2) is 34.2 Å². The van der Waals surface area contributed by atoms with Crippen LogP contribution in [0.25, 0.3) is 15.8 Å². The second-order valence-corrected chi connectivity index (χ2v) is 7.68. The monoisotopic (exact) mass is 314 g/mol. The Labute approximate surface area is 133 Å². The molecule has 108 valence electrons. The quantitative estimate of drug-likeness (QED) is 0.783. The number of nitrogens with zero attached hydrogens (tertiary/aromatic N) is 2. The molecule has 0 saturated heterocycles. The van der Waals surface area contributed by atoms with E-state index in [1.807, 2.05) is 23.1 Å². The summed E-state index contributed by atoms with van der Waals surface area (Å²) < 4.78 is 1.39. The predicted molar refractivity (Wildman–Crippen MR) is 95.0 cm³/mol. The van der Waals surface area contributed by atoms with Crippen molar-refractivity contribution in [3.8, 4) is 0 Å². The molecule has 3 heterocycles. The van der Waals surface area contributed by atoms with Gasteiger partial charge in [-0.25, -0.2) is 0 Å². The summed E-state index contributed by atoms with van der Waals surface area (Å²) in [5, 5.41) is 2.61. The topological polar surface area (TPSA) is 15.6 Å². The van der Waals surface area contributed by atoms with Gasteiger partial charge in [-0.2, -0.15) is 0 Å². The van der Waals surface area contributed by atoms with Gasteiger partial charge in [0.05, 0.1) is 17.1 Å². The van der Waals surface area contributed by atoms with Crippen LogP contribution >= 0.6 is 23.1 Å². The molecule has 2 aromatic rings. The first-order valence-corrected chi connectivity index (χ1v) is 9.13. The van der Waals surface area contributed by atoms with Crippen molar-refractivity contribution in [2.45, 2.75) is 26.7 Å². The molecule has 2 aliphatic heterocycles. The maximum absolute atomic E-state index is 4.65. The molecule has 4 heteroatoms. The molecular weight excluding hydrogens is 296 g/mol. The van der Waals surface area contributed by atoms with Crippen molar-refractivity contribution >= 4 is 44.0 Å². The number of fused-ring (bicyclic) bond motifs is 2. The summed E-state index contributed by atoms with van der Waals surface area (Å²) in [6, 6.07) is 8.97. The van der Waals surface area contributed by atoms with Crippen LogP contribution in [0.2, 0.25) is 0 Å². The summed E-state index contributed by atoms with van der Waals surface area (Å²) in [6.07, 6.45) is 2.35. The van der Waals surface area contributed by atoms with E-state index < -0.39 is 0 Å². The summed E-state index contributed by atoms with van der Waals surface area (Å²) in [5.41, 5.74) is 2.80. The Bertz CT molecular complexity index is 770. The molecule has 4 rings (SSSR count). The largest absolute Gasteiger partial charge is 0.317 e. The standard InChI is InChI=1S/C17H18N2S2/c1-3-5-14-16(19-9-8-18-17(19)21-14)15-10-12-11(2)6-4-7-13(12)20-15/h4,6-7,10H,3,5,8-9H2,1-2H3. The van der Waals surface area contributed by atoms with Gasteiger partial charge in [0.15, 0.2) is 5.17 Å². The van der Waals surface area contributed by atoms with E-state index in [1.54, 1.807) is 0 Å². The van der Waals surface area contributed by atoms with Gasteiger partial charge in [-0.3, -0.25) is 4.99 Å². The van der Waals surface area contributed by atoms with Crippen molar-refractivity contribution in [1.29, 1.82) is 0 Å². The first kappa shape index (κ1) is 13.4. The number of hydrogen-bond donors (Lipinski definition) is 0. The van der Waals surface area contributed by atoms with E-state index in [9.17, 15) is 0 Å². The number of aliphatic imine (C=N–C) groups is 1. The highest BCUT2D eigenvalue weighted by Crippen LogP contribution is 2.46. The number of thioether (sulfide) groups is 1. The summed E-state index contributed by atoms with van der Waals surface area (Å²) in [4.78, 5) is 9.98. The van der Waals surface area contributed by atoms with Crippen molar-refractivity contribution in [1.82, 2.24) is 4.90 Å². The van der Waals surface area contributed by atoms with Crippen LogP contribution in [0.4, 0.5) is 0 Å². The van der Waals surface area contributed by atoms with Crippen LogP contribution in [-0.4, -0.2) is 23.2 Å². The van der Waals surface area contributed by atoms with Crippen LogP contribution < -0.4 is 0 Å². The molecule has 21 heavy (non-hydrogen) atoms. The molecule has 0 amide bonds. The average molecular weight is 314 g/mol. The Morgan fingerprint density at radius 1 is 1.33 bits per heavy atom. The number of aryl methyl sites for hydroxylation is 1. The van der Waals surface area contributed by atoms with E-state index in [1.165, 1.54) is 42.7 Å². The second-order valence-electron chi connectivity index (χ2n) is 5.54. The lowest BCUT2D eigenvalue weighted by Crippen LogP contribution is -2.19. The Hall–Kier alpha value is -1.26. The van der Waals surface area contributed by atoms with E-state index in [2.05, 4.69) is 48.0 Å². The van der Waals surface area contributed by atoms with Crippen LogP contribution in [0.1, 0.15) is 30.2 Å². The van der Waals surface area contributed by atoms with Gasteiger partial charge in [0, 0.05) is 16.1 Å². The van der Waals surface area contributed by atoms with Gasteiger partial charge < -0.3 is 4.90 Å². The van der Waals surface area contributed by atoms with Crippen LogP contribution in [0, 0.1) is 6.92 Å². The number of amidine groups is 1. The average Bonchev–Trinajstić information content (AvgIpc) is 3.12. The fourth-order valence-corrected chi connectivity index (χ4v) is 5.60. The Kier molecular flexibility index (Phi) is 3.31. The molecule has 0 saturated carbocycles. The van der Waals surface area contributed by atoms with Gasteiger partial charge in [0.1, 0.15) is 0 Å². The second kappa shape index (κ2) is 5.18. The Balaban J connectivity index is 1.86. The normalized spacial score (nSPS) is 17.8. The number of thiophene rings is 1. The minimum Gasteiger partial charge on any atom is -0.317 e. The highest BCUT2D eigenvalue weighted by atomic mass is 32.2. The third kappa shape index (κ3) is 2.12. The van der Waals surface area contributed by atoms with Crippen LogP contribution in [0.3, 0.4) is 0 Å². The smallest absolute Gasteiger partial charge is 0.168 e. The molecule has 2 aliphatic rings. The van der Waals surface area contributed by atoms with Crippen molar-refractivity contribution < 1.29 is 0 Å². The summed E-state index contributed by atoms with van der Waals surface area (Å²) in [5.74, 6) is 0. The first-order chi connectivity index (χ1) is 10.3. The molecule has 0 N–H and O–H groups in total. The first-order valence-electron chi connectivity index (χ1n) is 7.50. The number of hydrogen-bond acceptors (Lipinski definition) is 4. The third-order valence-corrected chi connectivity index (χ3v) is 6.32. The molecule has 0 bridgehead atoms. The third-order valence-electron chi connectivity index (χ3n) is 4.04. The molecule has 0 unspecified atom stereocenters. The summed E-state index contributed by atoms with van der Waals surface area (Å²) in [7, 11) is 0. The highest BCUT2D eigenvalue weighted by Gasteiger charge is 2.33. The predicted octanol–water partition coefficient (Wildman–Crippen LogP) is 5.10. The van der Waals surface area contributed by atoms with Crippen molar-refractivity contribution in [3.63, 3.8) is 0 Å². The fourth-order valence-electron chi connectivity index (χ4n) is 3.02. The zero-order valence-corrected chi connectivity index (χ0v) is 14.0. The van der Waals surface area contributed by atoms with E-state index in [0.29, 0.717) is 0 Å². The number of allylic oxidation sites excluding steroid dienone is 1. The molecule has 1 aromatic heterocycles. The highest BCUT2D eigenvalue weighted by molar-refractivity contribution is 8.17. The van der Waals surface area contributed by atoms with E-state index in [0.717, 1.165) is 19.5 Å². The van der Waals surface area contributed by atoms with Crippen molar-refractivity contribution in [2.75, 3.05) is 13.1 Å². The maximum atomic E-state index is 4.65. The molecule has 0 atom stereocenters. The van der Waals surface area contributed by atoms with E-state index in [4.69, 9.17) is 0 Å². The van der Waals surface area contributed by atoms with Gasteiger partial charge in [-0.15, -0.1) is 11.3 Å². The molecule has 0 aliphatic carbocycles. The molecular formula is C17H18N2S2. The minimum absolute atomic E-state index is 0.940. The molecule has 1 aromatic carbocycles. The van der Waals surface area contributed by atoms with Gasteiger partial charge in [-0.05, 0) is 36.4 Å². The lowest BCUT2D eigenvalue weighted by molar-refractivity contribution is 0.647. The van der Waals surface area contributed by atoms with Gasteiger partial charge >= 0.3 is 0 Å². The number of rotatable bonds is 3. The minimum atomic E-state index is 0.940. The zero-order chi connectivity index (χ0) is 14.4. The van der Waals surface area contributed by atoms with Crippen LogP contribution in [-0.2, 0) is 0 Å². The molecule has 0 fully saturated rings. The zero-order valence-electron chi connectivity index (χ0n) is 12.3. The van der Waals surface area contributed by atoms with Gasteiger partial charge in [-0.1, -0.05) is 37.2 Å². The lowest BCUT2D eigenvalue weighted by atomic mass is 10.1. The SMILES string of the molecule is CCCC1=C(c2cc3c(C)cccc3s2)N2CCN=C2S1. The van der Waals surface area contributed by atoms with Crippen molar-refractivity contribution in [3.05, 3.63) is 39.6 Å². The Morgan fingerprint density at radius 3 is 3.05 bits per heavy atom. The van der Waals surface area contributed by atoms with Crippen LogP contribution in [0.5, 0.6) is 0 Å². The van der Waals surface area contributed by atoms with Crippen molar-refractivity contribution in [2.24, 2.45) is 4.99 Å². The molecule has 2 nitrogen and oxygen atoms in total. The fraction of sp³-hybridized carbons (Fsp3) is 0.353. The number of benzene rings is 1. The molecule has 0 spiro atoms. The van der Waals surface area contributed by atoms with Gasteiger partial charge in [0.2, 0.25) is 0 Å². The maximum Gasteiger partial charge on any atom is 0.168 e. The molecule has 0 radical (unpaired) electrons.